The summed E-state index contributed by atoms with van der Waals surface area (Å²) in [7, 11) is -9.74. The molecule has 2 aromatic heterocycles. The fourth-order valence-electron chi connectivity index (χ4n) is 13.5. The first-order chi connectivity index (χ1) is 37.7. The number of benzene rings is 3. The molecular weight excluding hydrogens is 1060 g/mol. The number of nitro benzene ring substituents is 1. The van der Waals surface area contributed by atoms with Crippen LogP contribution < -0.4 is 29.3 Å². The van der Waals surface area contributed by atoms with E-state index in [1.54, 1.807) is 12.3 Å². The van der Waals surface area contributed by atoms with Crippen molar-refractivity contribution < 1.29 is 60.3 Å². The summed E-state index contributed by atoms with van der Waals surface area (Å²) in [4.78, 5) is 59.9. The number of ether oxygens (including phenoxy) is 4. The van der Waals surface area contributed by atoms with Crippen LogP contribution in [0.3, 0.4) is 0 Å². The molecule has 2 saturated carbocycles. The Morgan fingerprint density at radius 1 is 0.962 bits per heavy atom. The lowest BCUT2D eigenvalue weighted by molar-refractivity contribution is -0.384. The number of H-pyrrole nitrogens is 1. The number of carbonyl (C=O) groups is 1. The highest BCUT2D eigenvalue weighted by Crippen LogP contribution is 2.55. The maximum absolute atomic E-state index is 16.6. The molecular formula is C55H66FN8O13PS. The number of anilines is 4. The molecule has 0 bridgehead atoms. The molecule has 3 saturated heterocycles. The number of pyridine rings is 1. The van der Waals surface area contributed by atoms with Gasteiger partial charge in [0.15, 0.2) is 11.4 Å². The SMILES string of the molecule is CC(C)c1ccccc1[C@@H]1COCCN1C1CC2(CCN(c3ccc(C(=O)NS(=O)(=O)c4cc5c(c([N+](=O)[O-])c4)N[C@H](C4(F)CCC(C)(OP(=O)(O)O)CC4)CO5)c(N4c5cc6cc[nH]c6nc5O[C@H]5COCC[C@@H]54)c3)CC2)C1. The predicted octanol–water partition coefficient (Wildman–Crippen LogP) is 8.55. The zero-order chi connectivity index (χ0) is 55.2. The van der Waals surface area contributed by atoms with Crippen LogP contribution in [0.2, 0.25) is 0 Å². The lowest BCUT2D eigenvalue weighted by Gasteiger charge is -2.57. The number of hydrogen-bond donors (Lipinski definition) is 5. The Kier molecular flexibility index (Phi) is 13.8. The van der Waals surface area contributed by atoms with Crippen LogP contribution in [0.15, 0.2) is 77.8 Å². The molecule has 0 unspecified atom stereocenters. The van der Waals surface area contributed by atoms with Gasteiger partial charge in [-0.25, -0.2) is 22.1 Å². The number of piperidine rings is 1. The number of morpholine rings is 1. The molecule has 5 aliphatic heterocycles. The molecule has 0 radical (unpaired) electrons. The van der Waals surface area contributed by atoms with Gasteiger partial charge in [-0.3, -0.25) is 24.3 Å². The summed E-state index contributed by atoms with van der Waals surface area (Å²) in [6.07, 6.45) is 5.42. The van der Waals surface area contributed by atoms with Gasteiger partial charge >= 0.3 is 7.82 Å². The van der Waals surface area contributed by atoms with Crippen LogP contribution in [-0.4, -0.2) is 132 Å². The largest absolute Gasteiger partial charge is 0.489 e. The van der Waals surface area contributed by atoms with E-state index in [0.717, 1.165) is 75.1 Å². The van der Waals surface area contributed by atoms with Crippen molar-refractivity contribution in [3.8, 4) is 11.6 Å². The van der Waals surface area contributed by atoms with Gasteiger partial charge in [0.2, 0.25) is 5.88 Å². The van der Waals surface area contributed by atoms with Crippen LogP contribution in [0.25, 0.3) is 11.0 Å². The van der Waals surface area contributed by atoms with Gasteiger partial charge in [0.25, 0.3) is 21.6 Å². The third-order valence-corrected chi connectivity index (χ3v) is 19.8. The number of phosphoric acid groups is 1. The van der Waals surface area contributed by atoms with Crippen LogP contribution >= 0.6 is 7.82 Å². The molecule has 7 aliphatic rings. The highest BCUT2D eigenvalue weighted by molar-refractivity contribution is 7.90. The van der Waals surface area contributed by atoms with Crippen molar-refractivity contribution in [1.82, 2.24) is 19.6 Å². The quantitative estimate of drug-likeness (QED) is 0.0445. The van der Waals surface area contributed by atoms with E-state index < -0.39 is 62.7 Å². The van der Waals surface area contributed by atoms with Gasteiger partial charge in [0, 0.05) is 61.7 Å². The monoisotopic (exact) mass is 1130 g/mol. The molecule has 3 aromatic carbocycles. The summed E-state index contributed by atoms with van der Waals surface area (Å²) < 4.78 is 88.7. The first kappa shape index (κ1) is 53.7. The molecule has 5 aromatic rings. The summed E-state index contributed by atoms with van der Waals surface area (Å²) in [5.41, 5.74) is 1.07. The number of halogens is 1. The first-order valence-corrected chi connectivity index (χ1v) is 30.3. The minimum absolute atomic E-state index is 0.0187. The minimum Gasteiger partial charge on any atom is -0.489 e. The number of sulfonamides is 1. The molecule has 12 rings (SSSR count). The van der Waals surface area contributed by atoms with E-state index in [9.17, 15) is 37.7 Å². The van der Waals surface area contributed by atoms with Gasteiger partial charge in [0.05, 0.1) is 64.6 Å². The van der Waals surface area contributed by atoms with Crippen LogP contribution in [0.5, 0.6) is 11.6 Å². The lowest BCUT2D eigenvalue weighted by Crippen LogP contribution is -2.58. The van der Waals surface area contributed by atoms with Gasteiger partial charge in [-0.1, -0.05) is 38.1 Å². The number of nitrogens with zero attached hydrogens (tertiary/aromatic N) is 5. The number of aromatic amines is 1. The second-order valence-corrected chi connectivity index (χ2v) is 26.0. The topological polar surface area (TPSA) is 260 Å². The van der Waals surface area contributed by atoms with Gasteiger partial charge in [-0.15, -0.1) is 0 Å². The van der Waals surface area contributed by atoms with E-state index in [1.165, 1.54) is 18.1 Å². The van der Waals surface area contributed by atoms with Crippen LogP contribution in [0.1, 0.15) is 112 Å². The molecule has 7 heterocycles. The number of phosphoric ester groups is 1. The number of fused-ring (bicyclic) bond motifs is 4. The Morgan fingerprint density at radius 2 is 1.72 bits per heavy atom. The number of aromatic nitrogens is 2. The molecule has 1 spiro atoms. The number of rotatable bonds is 12. The number of amides is 1. The van der Waals surface area contributed by atoms with E-state index in [1.807, 2.05) is 29.2 Å². The number of carbonyl (C=O) groups excluding carboxylic acids is 1. The fourth-order valence-corrected chi connectivity index (χ4v) is 15.3. The van der Waals surface area contributed by atoms with E-state index in [0.29, 0.717) is 54.5 Å². The summed E-state index contributed by atoms with van der Waals surface area (Å²) >= 11 is 0. The number of hydrogen-bond acceptors (Lipinski definition) is 16. The molecule has 4 atom stereocenters. The zero-order valence-electron chi connectivity index (χ0n) is 44.3. The molecule has 5 N–H and O–H groups in total. The smallest absolute Gasteiger partial charge is 0.470 e. The Bertz CT molecular complexity index is 3350. The second-order valence-electron chi connectivity index (χ2n) is 23.1. The molecule has 1 amide bonds. The van der Waals surface area contributed by atoms with Crippen molar-refractivity contribution in [3.05, 3.63) is 99.7 Å². The van der Waals surface area contributed by atoms with Crippen molar-refractivity contribution >= 4 is 63.2 Å². The second kappa shape index (κ2) is 20.3. The average Bonchev–Trinajstić information content (AvgIpc) is 4.08. The molecule has 422 valence electrons. The zero-order valence-corrected chi connectivity index (χ0v) is 46.0. The standard InChI is InChI=1S/C55H66FN8O13PS/c1-33(2)38-6-4-5-7-39(38)45-30-74-23-21-62(45)36-28-54(29-36)16-19-61(20-17-54)35-8-9-40(42(25-35)63-41-11-22-73-31-47(41)76-52-44(63)24-34-10-18-57-50(34)59-52)51(65)60-79(71,72)37-26-43(64(66)67)49-46(27-37)75-32-48(58-49)55(56)14-12-53(3,13-15-55)77-78(68,69)70/h4-10,18,24-27,33,36,41,45,47-48,58H,11-17,19-23,28-32H2,1-3H3,(H,57,59)(H,60,65)(H2,68,69,70)/t41-,45-,47-,48-,53?,55?/m0/s1. The van der Waals surface area contributed by atoms with E-state index in [-0.39, 0.29) is 73.4 Å². The highest BCUT2D eigenvalue weighted by atomic mass is 32.2. The molecule has 2 aliphatic carbocycles. The Hall–Kier alpha value is -5.91. The number of nitro groups is 1. The summed E-state index contributed by atoms with van der Waals surface area (Å²) in [6, 6.07) is 19.0. The molecule has 24 heteroatoms. The van der Waals surface area contributed by atoms with Crippen LogP contribution in [0.4, 0.5) is 32.8 Å². The van der Waals surface area contributed by atoms with Crippen molar-refractivity contribution in [2.24, 2.45) is 5.41 Å². The van der Waals surface area contributed by atoms with Gasteiger partial charge < -0.3 is 48.8 Å². The first-order valence-electron chi connectivity index (χ1n) is 27.3. The Labute approximate surface area is 456 Å². The molecule has 5 fully saturated rings. The third kappa shape index (κ3) is 10.2. The van der Waals surface area contributed by atoms with Crippen molar-refractivity contribution in [2.45, 2.75) is 131 Å². The maximum Gasteiger partial charge on any atom is 0.470 e. The number of nitrogens with one attached hydrogen (secondary N) is 3. The van der Waals surface area contributed by atoms with Crippen LogP contribution in [-0.2, 0) is 28.6 Å². The highest BCUT2D eigenvalue weighted by Gasteiger charge is 2.52. The van der Waals surface area contributed by atoms with Crippen molar-refractivity contribution in [3.63, 3.8) is 0 Å². The molecule has 21 nitrogen and oxygen atoms in total. The average molecular weight is 1130 g/mol. The third-order valence-electron chi connectivity index (χ3n) is 17.8. The van der Waals surface area contributed by atoms with Gasteiger partial charge in [0.1, 0.15) is 29.7 Å². The van der Waals surface area contributed by atoms with E-state index >= 15 is 4.39 Å². The lowest BCUT2D eigenvalue weighted by atomic mass is 9.59. The Morgan fingerprint density at radius 3 is 2.47 bits per heavy atom. The van der Waals surface area contributed by atoms with Gasteiger partial charge in [-0.05, 0) is 118 Å². The summed E-state index contributed by atoms with van der Waals surface area (Å²) in [5, 5.41) is 16.3. The van der Waals surface area contributed by atoms with Gasteiger partial charge in [-0.2, -0.15) is 4.98 Å². The Balaban J connectivity index is 0.818. The normalized spacial score (nSPS) is 27.2. The summed E-state index contributed by atoms with van der Waals surface area (Å²) in [5.74, 6) is -0.516. The fraction of sp³-hybridized carbons (Fsp3) is 0.527. The minimum atomic E-state index is -4.87. The van der Waals surface area contributed by atoms with Crippen LogP contribution in [0, 0.1) is 15.5 Å². The van der Waals surface area contributed by atoms with Crippen molar-refractivity contribution in [2.75, 3.05) is 67.8 Å². The van der Waals surface area contributed by atoms with Crippen molar-refractivity contribution in [1.29, 1.82) is 0 Å². The predicted molar refractivity (Wildman–Crippen MR) is 291 cm³/mol. The molecule has 79 heavy (non-hydrogen) atoms. The van der Waals surface area contributed by atoms with E-state index in [4.69, 9.17) is 28.5 Å². The van der Waals surface area contributed by atoms with E-state index in [2.05, 4.69) is 62.9 Å². The maximum atomic E-state index is 16.6. The summed E-state index contributed by atoms with van der Waals surface area (Å²) in [6.45, 7) is 10.1. The number of alkyl halides is 1.